The summed E-state index contributed by atoms with van der Waals surface area (Å²) in [6.45, 7) is 1.64. The van der Waals surface area contributed by atoms with Crippen LogP contribution in [-0.4, -0.2) is 4.98 Å². The van der Waals surface area contributed by atoms with Crippen LogP contribution in [0.2, 0.25) is 0 Å². The van der Waals surface area contributed by atoms with Gasteiger partial charge in [0, 0.05) is 11.9 Å². The number of aromatic nitrogens is 1. The SMILES string of the molecule is Cc1ccc(C(F)(F)F)cn1. The minimum Gasteiger partial charge on any atom is -0.261 e. The lowest BCUT2D eigenvalue weighted by molar-refractivity contribution is -0.137. The van der Waals surface area contributed by atoms with Gasteiger partial charge in [0.05, 0.1) is 5.56 Å². The molecule has 0 aliphatic heterocycles. The van der Waals surface area contributed by atoms with Gasteiger partial charge in [-0.05, 0) is 19.1 Å². The molecule has 1 rings (SSSR count). The number of pyridine rings is 1. The fourth-order valence-corrected chi connectivity index (χ4v) is 0.635. The van der Waals surface area contributed by atoms with Gasteiger partial charge in [0.2, 0.25) is 0 Å². The van der Waals surface area contributed by atoms with E-state index >= 15 is 0 Å². The number of halogens is 3. The van der Waals surface area contributed by atoms with Gasteiger partial charge in [-0.3, -0.25) is 4.98 Å². The van der Waals surface area contributed by atoms with E-state index in [2.05, 4.69) is 4.98 Å². The number of rotatable bonds is 0. The molecule has 0 spiro atoms. The van der Waals surface area contributed by atoms with Crippen molar-refractivity contribution < 1.29 is 13.2 Å². The summed E-state index contributed by atoms with van der Waals surface area (Å²) in [6.07, 6.45) is -3.45. The third-order valence-corrected chi connectivity index (χ3v) is 1.24. The van der Waals surface area contributed by atoms with E-state index in [-0.39, 0.29) is 0 Å². The van der Waals surface area contributed by atoms with Crippen molar-refractivity contribution >= 4 is 0 Å². The lowest BCUT2D eigenvalue weighted by Crippen LogP contribution is -2.05. The molecule has 1 aromatic heterocycles. The molecule has 11 heavy (non-hydrogen) atoms. The van der Waals surface area contributed by atoms with E-state index in [9.17, 15) is 13.2 Å². The summed E-state index contributed by atoms with van der Waals surface area (Å²) >= 11 is 0. The number of nitrogens with zero attached hydrogens (tertiary/aromatic N) is 1. The van der Waals surface area contributed by atoms with Crippen molar-refractivity contribution in [1.82, 2.24) is 4.98 Å². The van der Waals surface area contributed by atoms with Gasteiger partial charge >= 0.3 is 6.18 Å². The van der Waals surface area contributed by atoms with Crippen molar-refractivity contribution in [2.24, 2.45) is 0 Å². The molecule has 0 saturated carbocycles. The molecule has 0 unspecified atom stereocenters. The average Bonchev–Trinajstić information content (AvgIpc) is 1.86. The summed E-state index contributed by atoms with van der Waals surface area (Å²) in [4.78, 5) is 3.53. The molecule has 0 aromatic carbocycles. The average molecular weight is 161 g/mol. The molecule has 1 heterocycles. The zero-order valence-electron chi connectivity index (χ0n) is 5.81. The predicted octanol–water partition coefficient (Wildman–Crippen LogP) is 2.41. The fraction of sp³-hybridized carbons (Fsp3) is 0.286. The maximum atomic E-state index is 11.9. The molecule has 4 heteroatoms. The van der Waals surface area contributed by atoms with Crippen LogP contribution < -0.4 is 0 Å². The van der Waals surface area contributed by atoms with Crippen LogP contribution in [-0.2, 0) is 6.18 Å². The van der Waals surface area contributed by atoms with Crippen molar-refractivity contribution in [1.29, 1.82) is 0 Å². The molecule has 0 aliphatic carbocycles. The molecule has 0 fully saturated rings. The second-order valence-electron chi connectivity index (χ2n) is 2.19. The Hall–Kier alpha value is -1.06. The first kappa shape index (κ1) is 8.04. The Balaban J connectivity index is 2.99. The van der Waals surface area contributed by atoms with Gasteiger partial charge in [-0.1, -0.05) is 0 Å². The van der Waals surface area contributed by atoms with Gasteiger partial charge in [-0.15, -0.1) is 0 Å². The van der Waals surface area contributed by atoms with E-state index in [1.165, 1.54) is 6.07 Å². The van der Waals surface area contributed by atoms with Crippen molar-refractivity contribution in [2.75, 3.05) is 0 Å². The summed E-state index contributed by atoms with van der Waals surface area (Å²) in [5, 5.41) is 0. The molecule has 0 saturated heterocycles. The van der Waals surface area contributed by atoms with Gasteiger partial charge in [0.1, 0.15) is 0 Å². The first-order valence-corrected chi connectivity index (χ1v) is 3.00. The zero-order chi connectivity index (χ0) is 8.48. The Labute approximate surface area is 61.9 Å². The smallest absolute Gasteiger partial charge is 0.261 e. The quantitative estimate of drug-likeness (QED) is 0.569. The van der Waals surface area contributed by atoms with Gasteiger partial charge in [0.15, 0.2) is 0 Å². The number of alkyl halides is 3. The zero-order valence-corrected chi connectivity index (χ0v) is 5.81. The molecular formula is C7H6F3N. The van der Waals surface area contributed by atoms with Gasteiger partial charge < -0.3 is 0 Å². The summed E-state index contributed by atoms with van der Waals surface area (Å²) in [6, 6.07) is 2.35. The maximum Gasteiger partial charge on any atom is 0.417 e. The molecule has 60 valence electrons. The normalized spacial score (nSPS) is 11.6. The molecule has 1 aromatic rings. The largest absolute Gasteiger partial charge is 0.417 e. The minimum atomic E-state index is -4.28. The predicted molar refractivity (Wildman–Crippen MR) is 34.0 cm³/mol. The van der Waals surface area contributed by atoms with Gasteiger partial charge in [-0.25, -0.2) is 0 Å². The van der Waals surface area contributed by atoms with Gasteiger partial charge in [0.25, 0.3) is 0 Å². The van der Waals surface area contributed by atoms with Crippen molar-refractivity contribution in [3.05, 3.63) is 29.6 Å². The Morgan fingerprint density at radius 2 is 1.91 bits per heavy atom. The summed E-state index contributed by atoms with van der Waals surface area (Å²) < 4.78 is 35.6. The molecule has 1 nitrogen and oxygen atoms in total. The maximum absolute atomic E-state index is 11.9. The van der Waals surface area contributed by atoms with Crippen molar-refractivity contribution in [3.8, 4) is 0 Å². The Kier molecular flexibility index (Phi) is 1.85. The monoisotopic (exact) mass is 161 g/mol. The van der Waals surface area contributed by atoms with E-state index in [0.717, 1.165) is 12.3 Å². The van der Waals surface area contributed by atoms with Crippen LogP contribution in [0.15, 0.2) is 18.3 Å². The third-order valence-electron chi connectivity index (χ3n) is 1.24. The molecule has 0 bridgehead atoms. The first-order chi connectivity index (χ1) is 5.00. The lowest BCUT2D eigenvalue weighted by Gasteiger charge is -2.04. The summed E-state index contributed by atoms with van der Waals surface area (Å²) in [7, 11) is 0. The lowest BCUT2D eigenvalue weighted by atomic mass is 10.2. The van der Waals surface area contributed by atoms with E-state index in [0.29, 0.717) is 5.69 Å². The summed E-state index contributed by atoms with van der Waals surface area (Å²) in [5.74, 6) is 0. The van der Waals surface area contributed by atoms with Crippen LogP contribution in [0.4, 0.5) is 13.2 Å². The van der Waals surface area contributed by atoms with Crippen LogP contribution in [0.5, 0.6) is 0 Å². The standard InChI is InChI=1S/C7H6F3N/c1-5-2-3-6(4-11-5)7(8,9)10/h2-4H,1H3. The minimum absolute atomic E-state index is 0.581. The molecule has 0 N–H and O–H groups in total. The van der Waals surface area contributed by atoms with Crippen LogP contribution in [0.3, 0.4) is 0 Å². The second-order valence-corrected chi connectivity index (χ2v) is 2.19. The van der Waals surface area contributed by atoms with E-state index < -0.39 is 11.7 Å². The third kappa shape index (κ3) is 1.93. The van der Waals surface area contributed by atoms with Crippen molar-refractivity contribution in [2.45, 2.75) is 13.1 Å². The Morgan fingerprint density at radius 1 is 1.27 bits per heavy atom. The van der Waals surface area contributed by atoms with Crippen LogP contribution >= 0.6 is 0 Å². The molecule has 0 atom stereocenters. The van der Waals surface area contributed by atoms with Crippen LogP contribution in [0.1, 0.15) is 11.3 Å². The van der Waals surface area contributed by atoms with E-state index in [4.69, 9.17) is 0 Å². The highest BCUT2D eigenvalue weighted by Gasteiger charge is 2.30. The highest BCUT2D eigenvalue weighted by molar-refractivity contribution is 5.15. The number of aryl methyl sites for hydroxylation is 1. The van der Waals surface area contributed by atoms with Crippen LogP contribution in [0, 0.1) is 6.92 Å². The molecular weight excluding hydrogens is 155 g/mol. The second kappa shape index (κ2) is 2.53. The molecule has 0 amide bonds. The van der Waals surface area contributed by atoms with E-state index in [1.54, 1.807) is 6.92 Å². The van der Waals surface area contributed by atoms with Crippen molar-refractivity contribution in [3.63, 3.8) is 0 Å². The van der Waals surface area contributed by atoms with Crippen LogP contribution in [0.25, 0.3) is 0 Å². The highest BCUT2D eigenvalue weighted by Crippen LogP contribution is 2.28. The number of hydrogen-bond donors (Lipinski definition) is 0. The first-order valence-electron chi connectivity index (χ1n) is 3.00. The Morgan fingerprint density at radius 3 is 2.27 bits per heavy atom. The topological polar surface area (TPSA) is 12.9 Å². The Bertz CT molecular complexity index is 237. The van der Waals surface area contributed by atoms with E-state index in [1.807, 2.05) is 0 Å². The van der Waals surface area contributed by atoms with Gasteiger partial charge in [-0.2, -0.15) is 13.2 Å². The summed E-state index contributed by atoms with van der Waals surface area (Å²) in [5.41, 5.74) is -0.124. The molecule has 0 radical (unpaired) electrons. The molecule has 0 aliphatic rings. The highest BCUT2D eigenvalue weighted by atomic mass is 19.4. The fourth-order valence-electron chi connectivity index (χ4n) is 0.635. The number of hydrogen-bond acceptors (Lipinski definition) is 1.